The van der Waals surface area contributed by atoms with E-state index in [2.05, 4.69) is 21.2 Å². The van der Waals surface area contributed by atoms with Gasteiger partial charge in [-0.05, 0) is 37.3 Å². The van der Waals surface area contributed by atoms with Gasteiger partial charge in [-0.15, -0.1) is 0 Å². The van der Waals surface area contributed by atoms with E-state index < -0.39 is 0 Å². The molecule has 110 valence electrons. The molecular formula is C15H14BrNO2S2. The van der Waals surface area contributed by atoms with E-state index in [0.717, 1.165) is 22.2 Å². The molecule has 0 unspecified atom stereocenters. The number of ether oxygens (including phenoxy) is 1. The zero-order valence-corrected chi connectivity index (χ0v) is 14.8. The van der Waals surface area contributed by atoms with E-state index >= 15 is 0 Å². The van der Waals surface area contributed by atoms with Crippen molar-refractivity contribution >= 4 is 56.2 Å². The maximum Gasteiger partial charge on any atom is 0.263 e. The van der Waals surface area contributed by atoms with Crippen LogP contribution in [-0.2, 0) is 4.79 Å². The summed E-state index contributed by atoms with van der Waals surface area (Å²) in [7, 11) is 0. The lowest BCUT2D eigenvalue weighted by Gasteiger charge is -2.11. The average molecular weight is 384 g/mol. The van der Waals surface area contributed by atoms with Crippen molar-refractivity contribution in [1.29, 1.82) is 0 Å². The minimum Gasteiger partial charge on any atom is -0.461 e. The van der Waals surface area contributed by atoms with Gasteiger partial charge in [0.25, 0.3) is 5.91 Å². The van der Waals surface area contributed by atoms with Crippen LogP contribution >= 0.6 is 39.9 Å². The van der Waals surface area contributed by atoms with Crippen LogP contribution in [0.1, 0.15) is 25.8 Å². The highest BCUT2D eigenvalue weighted by Crippen LogP contribution is 2.32. The number of thioether (sulfide) groups is 1. The first-order chi connectivity index (χ1) is 10.0. The number of nitrogens with one attached hydrogen (secondary N) is 1. The lowest BCUT2D eigenvalue weighted by Crippen LogP contribution is -2.17. The lowest BCUT2D eigenvalue weighted by molar-refractivity contribution is -0.115. The summed E-state index contributed by atoms with van der Waals surface area (Å²) in [5.41, 5.74) is 0.833. The normalized spacial score (nSPS) is 17.3. The molecule has 0 bridgehead atoms. The number of hydrogen-bond acceptors (Lipinski definition) is 4. The van der Waals surface area contributed by atoms with Crippen molar-refractivity contribution in [2.45, 2.75) is 20.3 Å². The number of allylic oxidation sites excluding steroid dienone is 2. The van der Waals surface area contributed by atoms with Gasteiger partial charge in [0.05, 0.1) is 10.7 Å². The molecule has 0 spiro atoms. The van der Waals surface area contributed by atoms with E-state index in [1.54, 1.807) is 6.08 Å². The Kier molecular flexibility index (Phi) is 5.61. The van der Waals surface area contributed by atoms with E-state index in [1.165, 1.54) is 11.8 Å². The number of thiocarbonyl (C=S) groups is 1. The Bertz CT molecular complexity index is 653. The number of benzene rings is 1. The Balaban J connectivity index is 2.38. The van der Waals surface area contributed by atoms with Crippen molar-refractivity contribution in [1.82, 2.24) is 5.32 Å². The third-order valence-electron chi connectivity index (χ3n) is 2.81. The van der Waals surface area contributed by atoms with E-state index in [4.69, 9.17) is 17.0 Å². The van der Waals surface area contributed by atoms with Crippen LogP contribution in [0.25, 0.3) is 6.08 Å². The second kappa shape index (κ2) is 7.24. The minimum atomic E-state index is -0.169. The predicted octanol–water partition coefficient (Wildman–Crippen LogP) is 4.63. The largest absolute Gasteiger partial charge is 0.461 e. The molecule has 1 saturated heterocycles. The molecule has 3 nitrogen and oxygen atoms in total. The van der Waals surface area contributed by atoms with Crippen LogP contribution in [0, 0.1) is 0 Å². The summed E-state index contributed by atoms with van der Waals surface area (Å²) in [5, 5.41) is 2.61. The Labute approximate surface area is 142 Å². The van der Waals surface area contributed by atoms with Crippen molar-refractivity contribution < 1.29 is 9.53 Å². The van der Waals surface area contributed by atoms with Crippen molar-refractivity contribution in [2.75, 3.05) is 0 Å². The third-order valence-corrected chi connectivity index (χ3v) is 4.47. The van der Waals surface area contributed by atoms with Gasteiger partial charge in [-0.1, -0.05) is 46.8 Å². The van der Waals surface area contributed by atoms with Crippen molar-refractivity contribution in [3.8, 4) is 5.75 Å². The third kappa shape index (κ3) is 4.18. The highest BCUT2D eigenvalue weighted by atomic mass is 79.9. The highest BCUT2D eigenvalue weighted by molar-refractivity contribution is 9.10. The van der Waals surface area contributed by atoms with E-state index in [0.29, 0.717) is 15.0 Å². The second-order valence-electron chi connectivity index (χ2n) is 4.24. The predicted molar refractivity (Wildman–Crippen MR) is 95.1 cm³/mol. The van der Waals surface area contributed by atoms with E-state index in [-0.39, 0.29) is 5.91 Å². The number of carbonyl (C=O) groups excluding carboxylic acids is 1. The molecular weight excluding hydrogens is 370 g/mol. The summed E-state index contributed by atoms with van der Waals surface area (Å²) in [4.78, 5) is 12.3. The van der Waals surface area contributed by atoms with Gasteiger partial charge in [0.15, 0.2) is 0 Å². The maximum atomic E-state index is 11.8. The fourth-order valence-electron chi connectivity index (χ4n) is 1.76. The van der Waals surface area contributed by atoms with Crippen LogP contribution in [0.2, 0.25) is 0 Å². The van der Waals surface area contributed by atoms with Crippen LogP contribution in [0.4, 0.5) is 0 Å². The summed E-state index contributed by atoms with van der Waals surface area (Å²) in [6.07, 6.45) is 4.54. The summed E-state index contributed by atoms with van der Waals surface area (Å²) in [5.74, 6) is 1.43. The van der Waals surface area contributed by atoms with Gasteiger partial charge in [-0.2, -0.15) is 0 Å². The summed E-state index contributed by atoms with van der Waals surface area (Å²) in [6.45, 7) is 3.97. The summed E-state index contributed by atoms with van der Waals surface area (Å²) in [6, 6.07) is 5.71. The molecule has 1 aromatic carbocycles. The molecule has 6 heteroatoms. The quantitative estimate of drug-likeness (QED) is 0.467. The molecule has 0 aliphatic carbocycles. The van der Waals surface area contributed by atoms with Crippen LogP contribution in [-0.4, -0.2) is 10.2 Å². The number of rotatable bonds is 4. The molecule has 1 aliphatic rings. The van der Waals surface area contributed by atoms with Gasteiger partial charge in [0, 0.05) is 16.5 Å². The molecule has 1 aliphatic heterocycles. The molecule has 0 aromatic heterocycles. The Hall–Kier alpha value is -1.11. The molecule has 1 amide bonds. The van der Waals surface area contributed by atoms with Crippen molar-refractivity contribution in [3.63, 3.8) is 0 Å². The summed E-state index contributed by atoms with van der Waals surface area (Å²) >= 11 is 9.70. The molecule has 1 aromatic rings. The van der Waals surface area contributed by atoms with Gasteiger partial charge < -0.3 is 10.1 Å². The number of hydrogen-bond donors (Lipinski definition) is 1. The van der Waals surface area contributed by atoms with Gasteiger partial charge >= 0.3 is 0 Å². The molecule has 1 heterocycles. The Morgan fingerprint density at radius 3 is 2.86 bits per heavy atom. The van der Waals surface area contributed by atoms with Crippen molar-refractivity contribution in [3.05, 3.63) is 45.0 Å². The fraction of sp³-hybridized carbons (Fsp3) is 0.200. The molecule has 0 atom stereocenters. The lowest BCUT2D eigenvalue weighted by atomic mass is 10.2. The maximum absolute atomic E-state index is 11.8. The summed E-state index contributed by atoms with van der Waals surface area (Å²) < 4.78 is 7.29. The molecule has 2 rings (SSSR count). The van der Waals surface area contributed by atoms with Gasteiger partial charge in [-0.25, -0.2) is 0 Å². The molecule has 1 N–H and O–H groups in total. The number of halogens is 1. The van der Waals surface area contributed by atoms with Gasteiger partial charge in [0.1, 0.15) is 10.1 Å². The number of carbonyl (C=O) groups is 1. The fourth-order valence-corrected chi connectivity index (χ4v) is 3.18. The first-order valence-electron chi connectivity index (χ1n) is 6.41. The SMILES string of the molecule is CC=C(CC)Oc1ccc(Br)cc1C=C1SC(=S)NC1=O. The topological polar surface area (TPSA) is 38.3 Å². The molecule has 1 fully saturated rings. The standard InChI is InChI=1S/C15H14BrNO2S2/c1-3-11(4-2)19-12-6-5-10(16)7-9(12)8-13-14(18)17-15(20)21-13/h3,5-8H,4H2,1-2H3,(H,17,18,20). The van der Waals surface area contributed by atoms with Crippen LogP contribution < -0.4 is 10.1 Å². The van der Waals surface area contributed by atoms with E-state index in [1.807, 2.05) is 38.1 Å². The van der Waals surface area contributed by atoms with Gasteiger partial charge in [0.2, 0.25) is 0 Å². The monoisotopic (exact) mass is 383 g/mol. The van der Waals surface area contributed by atoms with Crippen molar-refractivity contribution in [2.24, 2.45) is 0 Å². The zero-order chi connectivity index (χ0) is 15.4. The first-order valence-corrected chi connectivity index (χ1v) is 8.42. The smallest absolute Gasteiger partial charge is 0.263 e. The van der Waals surface area contributed by atoms with Crippen LogP contribution in [0.3, 0.4) is 0 Å². The Morgan fingerprint density at radius 2 is 2.29 bits per heavy atom. The molecule has 21 heavy (non-hydrogen) atoms. The number of amides is 1. The van der Waals surface area contributed by atoms with Crippen LogP contribution in [0.5, 0.6) is 5.75 Å². The minimum absolute atomic E-state index is 0.169. The van der Waals surface area contributed by atoms with Gasteiger partial charge in [-0.3, -0.25) is 4.79 Å². The highest BCUT2D eigenvalue weighted by Gasteiger charge is 2.22. The van der Waals surface area contributed by atoms with E-state index in [9.17, 15) is 4.79 Å². The second-order valence-corrected chi connectivity index (χ2v) is 6.88. The molecule has 0 radical (unpaired) electrons. The Morgan fingerprint density at radius 1 is 1.52 bits per heavy atom. The zero-order valence-electron chi connectivity index (χ0n) is 11.6. The average Bonchev–Trinajstić information content (AvgIpc) is 2.76. The first kappa shape index (κ1) is 16.3. The van der Waals surface area contributed by atoms with Crippen LogP contribution in [0.15, 0.2) is 39.4 Å². The molecule has 0 saturated carbocycles.